The number of allylic oxidation sites excluding steroid dienone is 1. The second-order valence-electron chi connectivity index (χ2n) is 14.0. The van der Waals surface area contributed by atoms with Gasteiger partial charge in [0.25, 0.3) is 0 Å². The van der Waals surface area contributed by atoms with E-state index in [1.807, 2.05) is 0 Å². The Morgan fingerprint density at radius 1 is 1.11 bits per heavy atom. The molecule has 0 aromatic heterocycles. The molecule has 4 aliphatic rings. The van der Waals surface area contributed by atoms with Crippen LogP contribution in [-0.2, 0) is 14.3 Å². The molecule has 3 saturated carbocycles. The van der Waals surface area contributed by atoms with E-state index in [1.54, 1.807) is 13.0 Å². The lowest BCUT2D eigenvalue weighted by atomic mass is 9.45. The van der Waals surface area contributed by atoms with Gasteiger partial charge in [-0.2, -0.15) is 0 Å². The molecular weight excluding hydrogens is 480 g/mol. The van der Waals surface area contributed by atoms with E-state index >= 15 is 0 Å². The smallest absolute Gasteiger partial charge is 0.305 e. The summed E-state index contributed by atoms with van der Waals surface area (Å²) in [6.07, 6.45) is 7.02. The van der Waals surface area contributed by atoms with Crippen molar-refractivity contribution in [3.8, 4) is 0 Å². The summed E-state index contributed by atoms with van der Waals surface area (Å²) in [4.78, 5) is 25.7. The number of aliphatic hydroxyl groups is 3. The molecule has 0 spiro atoms. The molecule has 0 radical (unpaired) electrons. The fourth-order valence-corrected chi connectivity index (χ4v) is 9.50. The van der Waals surface area contributed by atoms with Crippen LogP contribution < -0.4 is 0 Å². The molecule has 3 N–H and O–H groups in total. The van der Waals surface area contributed by atoms with E-state index < -0.39 is 12.2 Å². The molecule has 0 amide bonds. The van der Waals surface area contributed by atoms with Gasteiger partial charge in [0.15, 0.2) is 5.78 Å². The van der Waals surface area contributed by atoms with Gasteiger partial charge >= 0.3 is 5.97 Å². The van der Waals surface area contributed by atoms with E-state index in [1.165, 1.54) is 0 Å². The summed E-state index contributed by atoms with van der Waals surface area (Å²) < 4.78 is 5.64. The van der Waals surface area contributed by atoms with Crippen molar-refractivity contribution in [1.82, 2.24) is 0 Å². The number of hydrogen-bond donors (Lipinski definition) is 3. The maximum Gasteiger partial charge on any atom is 0.305 e. The van der Waals surface area contributed by atoms with Gasteiger partial charge < -0.3 is 20.1 Å². The van der Waals surface area contributed by atoms with Crippen molar-refractivity contribution in [1.29, 1.82) is 0 Å². The van der Waals surface area contributed by atoms with E-state index in [9.17, 15) is 24.9 Å². The fraction of sp³-hybridized carbons (Fsp3) is 0.875. The number of carbonyl (C=O) groups excluding carboxylic acids is 2. The first-order chi connectivity index (χ1) is 17.9. The van der Waals surface area contributed by atoms with E-state index in [4.69, 9.17) is 4.74 Å². The number of ether oxygens (including phenoxy) is 1. The first-order valence-electron chi connectivity index (χ1n) is 15.3. The lowest BCUT2D eigenvalue weighted by molar-refractivity contribution is -0.164. The van der Waals surface area contributed by atoms with Crippen molar-refractivity contribution >= 4 is 11.8 Å². The lowest BCUT2D eigenvalue weighted by Gasteiger charge is -2.59. The highest BCUT2D eigenvalue weighted by Gasteiger charge is 2.66. The van der Waals surface area contributed by atoms with Gasteiger partial charge in [-0.25, -0.2) is 0 Å². The van der Waals surface area contributed by atoms with Crippen LogP contribution in [0, 0.1) is 52.3 Å². The Balaban J connectivity index is 1.57. The molecule has 0 aromatic rings. The van der Waals surface area contributed by atoms with Gasteiger partial charge in [0, 0.05) is 37.2 Å². The molecule has 0 heterocycles. The van der Waals surface area contributed by atoms with Gasteiger partial charge in [-0.15, -0.1) is 0 Å². The second-order valence-corrected chi connectivity index (χ2v) is 14.0. The predicted molar refractivity (Wildman–Crippen MR) is 147 cm³/mol. The Labute approximate surface area is 229 Å². The van der Waals surface area contributed by atoms with Crippen LogP contribution in [-0.4, -0.2) is 52.0 Å². The Hall–Kier alpha value is -1.24. The maximum absolute atomic E-state index is 13.8. The molecule has 216 valence electrons. The zero-order chi connectivity index (χ0) is 28.0. The predicted octanol–water partition coefficient (Wildman–Crippen LogP) is 5.08. The van der Waals surface area contributed by atoms with Crippen molar-refractivity contribution in [3.63, 3.8) is 0 Å². The van der Waals surface area contributed by atoms with Gasteiger partial charge in [0.1, 0.15) is 6.10 Å². The third-order valence-corrected chi connectivity index (χ3v) is 11.6. The zero-order valence-corrected chi connectivity index (χ0v) is 24.5. The second kappa shape index (κ2) is 11.3. The third-order valence-electron chi connectivity index (χ3n) is 11.6. The first-order valence-corrected chi connectivity index (χ1v) is 15.3. The van der Waals surface area contributed by atoms with Crippen molar-refractivity contribution in [3.05, 3.63) is 11.6 Å². The number of carbonyl (C=O) groups is 2. The van der Waals surface area contributed by atoms with E-state index in [-0.39, 0.29) is 59.0 Å². The van der Waals surface area contributed by atoms with E-state index in [0.717, 1.165) is 37.7 Å². The van der Waals surface area contributed by atoms with Gasteiger partial charge in [-0.1, -0.05) is 53.5 Å². The summed E-state index contributed by atoms with van der Waals surface area (Å²) in [5, 5.41) is 32.8. The van der Waals surface area contributed by atoms with Gasteiger partial charge in [0.05, 0.1) is 12.2 Å². The Morgan fingerprint density at radius 2 is 1.82 bits per heavy atom. The van der Waals surface area contributed by atoms with Crippen LogP contribution in [0.15, 0.2) is 11.6 Å². The Kier molecular flexibility index (Phi) is 8.86. The zero-order valence-electron chi connectivity index (χ0n) is 24.5. The average Bonchev–Trinajstić information content (AvgIpc) is 3.11. The van der Waals surface area contributed by atoms with E-state index in [0.29, 0.717) is 43.4 Å². The largest absolute Gasteiger partial charge is 0.462 e. The first kappa shape index (κ1) is 29.7. The minimum absolute atomic E-state index is 0.0371. The molecule has 4 aliphatic carbocycles. The molecule has 0 aliphatic heterocycles. The summed E-state index contributed by atoms with van der Waals surface area (Å²) in [5.74, 6) is 0.696. The van der Waals surface area contributed by atoms with E-state index in [2.05, 4.69) is 34.6 Å². The highest BCUT2D eigenvalue weighted by atomic mass is 16.5. The Bertz CT molecular complexity index is 912. The monoisotopic (exact) mass is 532 g/mol. The summed E-state index contributed by atoms with van der Waals surface area (Å²) in [6, 6.07) is 0. The van der Waals surface area contributed by atoms with Crippen LogP contribution in [0.1, 0.15) is 99.3 Å². The maximum atomic E-state index is 13.8. The number of ketones is 1. The molecule has 0 saturated heterocycles. The molecule has 4 rings (SSSR count). The van der Waals surface area contributed by atoms with Crippen molar-refractivity contribution in [2.75, 3.05) is 6.61 Å². The number of rotatable bonds is 9. The van der Waals surface area contributed by atoms with Crippen molar-refractivity contribution < 1.29 is 29.6 Å². The summed E-state index contributed by atoms with van der Waals surface area (Å²) in [5.41, 5.74) is 0.384. The van der Waals surface area contributed by atoms with Crippen LogP contribution in [0.3, 0.4) is 0 Å². The van der Waals surface area contributed by atoms with Crippen LogP contribution in [0.4, 0.5) is 0 Å². The quantitative estimate of drug-likeness (QED) is 0.358. The van der Waals surface area contributed by atoms with Crippen molar-refractivity contribution in [2.45, 2.75) is 118 Å². The van der Waals surface area contributed by atoms with Crippen molar-refractivity contribution in [2.24, 2.45) is 52.3 Å². The van der Waals surface area contributed by atoms with Crippen LogP contribution >= 0.6 is 0 Å². The standard InChI is InChI=1S/C32H52O6/c1-7-27(37)38-22-10-12-31(5)21(14-22)15-24(34)28-29-25(35)16-23(32(29,6)17-26(36)30(28)31)19(4)8-9-20(11-13-33)18(2)3/h15,18-20,22-23,25-26,28-30,33,35-36H,7-14,16-17H2,1-6H3. The number of hydrogen-bond acceptors (Lipinski definition) is 6. The normalized spacial score (nSPS) is 42.1. The van der Waals surface area contributed by atoms with Gasteiger partial charge in [0.2, 0.25) is 0 Å². The summed E-state index contributed by atoms with van der Waals surface area (Å²) in [6.45, 7) is 13.1. The Morgan fingerprint density at radius 3 is 2.45 bits per heavy atom. The molecule has 11 atom stereocenters. The average molecular weight is 533 g/mol. The topological polar surface area (TPSA) is 104 Å². The number of esters is 1. The van der Waals surface area contributed by atoms with Gasteiger partial charge in [-0.05, 0) is 79.1 Å². The minimum Gasteiger partial charge on any atom is -0.462 e. The molecular formula is C32H52O6. The van der Waals surface area contributed by atoms with Crippen LogP contribution in [0.2, 0.25) is 0 Å². The lowest BCUT2D eigenvalue weighted by Crippen LogP contribution is -2.60. The highest BCUT2D eigenvalue weighted by Crippen LogP contribution is 2.66. The third kappa shape index (κ3) is 5.14. The molecule has 0 bridgehead atoms. The molecule has 6 nitrogen and oxygen atoms in total. The molecule has 0 aromatic carbocycles. The molecule has 38 heavy (non-hydrogen) atoms. The SMILES string of the molecule is CCC(=O)OC1CCC2(C)C(=CC(=O)C3C2C(O)CC2(C)C(C(C)CCC(CCO)C(C)C)CC(O)C32)C1. The fourth-order valence-electron chi connectivity index (χ4n) is 9.50. The number of aliphatic hydroxyl groups excluding tert-OH is 3. The van der Waals surface area contributed by atoms with Crippen LogP contribution in [0.25, 0.3) is 0 Å². The summed E-state index contributed by atoms with van der Waals surface area (Å²) >= 11 is 0. The van der Waals surface area contributed by atoms with Gasteiger partial charge in [-0.3, -0.25) is 9.59 Å². The molecule has 3 fully saturated rings. The molecule has 6 heteroatoms. The highest BCUT2D eigenvalue weighted by molar-refractivity contribution is 5.94. The molecule has 11 unspecified atom stereocenters. The number of fused-ring (bicyclic) bond motifs is 5. The van der Waals surface area contributed by atoms with Crippen LogP contribution in [0.5, 0.6) is 0 Å². The summed E-state index contributed by atoms with van der Waals surface area (Å²) in [7, 11) is 0. The minimum atomic E-state index is -0.605.